The first-order valence-electron chi connectivity index (χ1n) is 2.27. The lowest BCUT2D eigenvalue weighted by atomic mass is 10.5. The largest absolute Gasteiger partial charge is 0.330 e. The molecule has 0 rings (SSSR count). The summed E-state index contributed by atoms with van der Waals surface area (Å²) >= 11 is 0. The van der Waals surface area contributed by atoms with Crippen LogP contribution in [0.25, 0.3) is 0 Å². The fourth-order valence-electron chi connectivity index (χ4n) is 0.287. The molecule has 0 aromatic heterocycles. The molecule has 1 atom stereocenters. The molecular formula is C4H11NOS. The van der Waals surface area contributed by atoms with Gasteiger partial charge in [0, 0.05) is 22.8 Å². The Bertz CT molecular complexity index is 64.7. The first kappa shape index (κ1) is 7.11. The Morgan fingerprint density at radius 3 is 2.43 bits per heavy atom. The van der Waals surface area contributed by atoms with Gasteiger partial charge < -0.3 is 5.73 Å². The summed E-state index contributed by atoms with van der Waals surface area (Å²) in [5.74, 6) is 0.747. The molecule has 0 aliphatic rings. The van der Waals surface area contributed by atoms with Gasteiger partial charge in [-0.15, -0.1) is 0 Å². The Morgan fingerprint density at radius 1 is 1.71 bits per heavy atom. The number of rotatable bonds is 3. The number of nitrogens with two attached hydrogens (primary N) is 1. The zero-order valence-corrected chi connectivity index (χ0v) is 5.33. The molecule has 0 spiro atoms. The van der Waals surface area contributed by atoms with Crippen molar-refractivity contribution >= 4 is 10.8 Å². The highest BCUT2D eigenvalue weighted by Crippen LogP contribution is 1.77. The minimum absolute atomic E-state index is 0.645. The molecule has 44 valence electrons. The summed E-state index contributed by atoms with van der Waals surface area (Å²) in [4.78, 5) is 0. The second-order valence-corrected chi connectivity index (χ2v) is 2.97. The van der Waals surface area contributed by atoms with Gasteiger partial charge in [0.2, 0.25) is 0 Å². The van der Waals surface area contributed by atoms with Crippen molar-refractivity contribution in [3.05, 3.63) is 0 Å². The minimum Gasteiger partial charge on any atom is -0.330 e. The summed E-state index contributed by atoms with van der Waals surface area (Å²) in [6, 6.07) is 0. The standard InChI is InChI=1S/C4H11NOS/c1-7(6)4-2-3-5/h2-5H2,1H3. The van der Waals surface area contributed by atoms with E-state index >= 15 is 0 Å². The predicted octanol–water partition coefficient (Wildman–Crippen LogP) is -0.286. The van der Waals surface area contributed by atoms with E-state index in [-0.39, 0.29) is 0 Å². The van der Waals surface area contributed by atoms with Crippen LogP contribution in [0, 0.1) is 0 Å². The highest BCUT2D eigenvalue weighted by molar-refractivity contribution is 7.84. The summed E-state index contributed by atoms with van der Waals surface area (Å²) in [5.41, 5.74) is 5.14. The molecule has 2 nitrogen and oxygen atoms in total. The lowest BCUT2D eigenvalue weighted by Gasteiger charge is -1.88. The fourth-order valence-corrected chi connectivity index (χ4v) is 0.860. The van der Waals surface area contributed by atoms with Gasteiger partial charge in [-0.05, 0) is 13.0 Å². The quantitative estimate of drug-likeness (QED) is 0.557. The SMILES string of the molecule is CS(=O)CCCN. The van der Waals surface area contributed by atoms with Crippen LogP contribution in [0.4, 0.5) is 0 Å². The number of hydrogen-bond acceptors (Lipinski definition) is 2. The molecule has 7 heavy (non-hydrogen) atoms. The van der Waals surface area contributed by atoms with E-state index in [1.165, 1.54) is 0 Å². The van der Waals surface area contributed by atoms with Crippen molar-refractivity contribution in [3.8, 4) is 0 Å². The molecule has 0 saturated carbocycles. The van der Waals surface area contributed by atoms with E-state index in [2.05, 4.69) is 0 Å². The van der Waals surface area contributed by atoms with Crippen LogP contribution in [0.15, 0.2) is 0 Å². The Labute approximate surface area is 46.5 Å². The normalized spacial score (nSPS) is 14.0. The van der Waals surface area contributed by atoms with Gasteiger partial charge in [0.1, 0.15) is 0 Å². The third-order valence-electron chi connectivity index (χ3n) is 0.636. The Kier molecular flexibility index (Phi) is 4.34. The molecular weight excluding hydrogens is 110 g/mol. The third kappa shape index (κ3) is 6.11. The molecule has 0 aliphatic heterocycles. The van der Waals surface area contributed by atoms with Crippen molar-refractivity contribution < 1.29 is 4.21 Å². The molecule has 0 bridgehead atoms. The Balaban J connectivity index is 2.82. The Morgan fingerprint density at radius 2 is 2.29 bits per heavy atom. The molecule has 2 N–H and O–H groups in total. The van der Waals surface area contributed by atoms with Crippen LogP contribution in [0.2, 0.25) is 0 Å². The average molecular weight is 121 g/mol. The molecule has 0 heterocycles. The monoisotopic (exact) mass is 121 g/mol. The molecule has 0 aliphatic carbocycles. The van der Waals surface area contributed by atoms with Gasteiger partial charge in [0.15, 0.2) is 0 Å². The van der Waals surface area contributed by atoms with Crippen molar-refractivity contribution in [2.45, 2.75) is 6.42 Å². The lowest BCUT2D eigenvalue weighted by Crippen LogP contribution is -2.04. The van der Waals surface area contributed by atoms with Crippen LogP contribution in [0.3, 0.4) is 0 Å². The highest BCUT2D eigenvalue weighted by atomic mass is 32.2. The predicted molar refractivity (Wildman–Crippen MR) is 32.6 cm³/mol. The third-order valence-corrected chi connectivity index (χ3v) is 1.50. The van der Waals surface area contributed by atoms with Gasteiger partial charge in [-0.25, -0.2) is 0 Å². The van der Waals surface area contributed by atoms with Crippen molar-refractivity contribution in [2.24, 2.45) is 5.73 Å². The molecule has 1 unspecified atom stereocenters. The van der Waals surface area contributed by atoms with E-state index in [0.717, 1.165) is 12.2 Å². The van der Waals surface area contributed by atoms with E-state index in [4.69, 9.17) is 5.73 Å². The maximum atomic E-state index is 10.3. The zero-order valence-electron chi connectivity index (χ0n) is 4.52. The van der Waals surface area contributed by atoms with Gasteiger partial charge in [-0.1, -0.05) is 0 Å². The second-order valence-electron chi connectivity index (χ2n) is 1.42. The fraction of sp³-hybridized carbons (Fsp3) is 1.00. The van der Waals surface area contributed by atoms with E-state index in [9.17, 15) is 4.21 Å². The molecule has 0 aromatic carbocycles. The smallest absolute Gasteiger partial charge is 0.0244 e. The summed E-state index contributed by atoms with van der Waals surface area (Å²) in [5, 5.41) is 0. The summed E-state index contributed by atoms with van der Waals surface area (Å²) in [6.45, 7) is 0.652. The molecule has 3 heteroatoms. The van der Waals surface area contributed by atoms with E-state index in [0.29, 0.717) is 6.54 Å². The van der Waals surface area contributed by atoms with Gasteiger partial charge >= 0.3 is 0 Å². The lowest BCUT2D eigenvalue weighted by molar-refractivity contribution is 0.684. The molecule has 0 radical (unpaired) electrons. The Hall–Kier alpha value is 0.110. The molecule has 0 amide bonds. The van der Waals surface area contributed by atoms with Gasteiger partial charge in [0.25, 0.3) is 0 Å². The molecule has 0 fully saturated rings. The molecule has 0 saturated heterocycles. The summed E-state index contributed by atoms with van der Waals surface area (Å²) in [7, 11) is -0.645. The highest BCUT2D eigenvalue weighted by Gasteiger charge is 1.85. The maximum Gasteiger partial charge on any atom is 0.0244 e. The van der Waals surface area contributed by atoms with Crippen molar-refractivity contribution in [1.82, 2.24) is 0 Å². The van der Waals surface area contributed by atoms with Crippen LogP contribution in [-0.4, -0.2) is 22.8 Å². The van der Waals surface area contributed by atoms with Crippen LogP contribution in [-0.2, 0) is 10.8 Å². The minimum atomic E-state index is -0.645. The van der Waals surface area contributed by atoms with Crippen LogP contribution < -0.4 is 5.73 Å². The summed E-state index contributed by atoms with van der Waals surface area (Å²) in [6.07, 6.45) is 2.57. The van der Waals surface area contributed by atoms with Gasteiger partial charge in [-0.3, -0.25) is 4.21 Å². The van der Waals surface area contributed by atoms with E-state index in [1.807, 2.05) is 0 Å². The first-order chi connectivity index (χ1) is 3.27. The number of hydrogen-bond donors (Lipinski definition) is 1. The average Bonchev–Trinajstić information content (AvgIpc) is 1.61. The summed E-state index contributed by atoms with van der Waals surface area (Å²) < 4.78 is 10.3. The maximum absolute atomic E-state index is 10.3. The van der Waals surface area contributed by atoms with Crippen molar-refractivity contribution in [2.75, 3.05) is 18.6 Å². The molecule has 0 aromatic rings. The zero-order chi connectivity index (χ0) is 5.70. The van der Waals surface area contributed by atoms with Gasteiger partial charge in [-0.2, -0.15) is 0 Å². The van der Waals surface area contributed by atoms with Gasteiger partial charge in [0.05, 0.1) is 0 Å². The van der Waals surface area contributed by atoms with E-state index in [1.54, 1.807) is 6.26 Å². The van der Waals surface area contributed by atoms with Crippen LogP contribution in [0.1, 0.15) is 6.42 Å². The van der Waals surface area contributed by atoms with Crippen molar-refractivity contribution in [3.63, 3.8) is 0 Å². The van der Waals surface area contributed by atoms with E-state index < -0.39 is 10.8 Å². The first-order valence-corrected chi connectivity index (χ1v) is 4.00. The van der Waals surface area contributed by atoms with Crippen LogP contribution >= 0.6 is 0 Å². The van der Waals surface area contributed by atoms with Crippen molar-refractivity contribution in [1.29, 1.82) is 0 Å². The van der Waals surface area contributed by atoms with Crippen LogP contribution in [0.5, 0.6) is 0 Å². The topological polar surface area (TPSA) is 43.1 Å². The second kappa shape index (κ2) is 4.27.